The van der Waals surface area contributed by atoms with Crippen LogP contribution in [0.2, 0.25) is 0 Å². The molecule has 0 aromatic carbocycles. The van der Waals surface area contributed by atoms with Crippen molar-refractivity contribution in [3.8, 4) is 0 Å². The largest absolute Gasteiger partial charge is 0.314 e. The van der Waals surface area contributed by atoms with Crippen molar-refractivity contribution in [3.63, 3.8) is 0 Å². The molecular formula is C4H8Cl2N. The Morgan fingerprint density at radius 2 is 2.14 bits per heavy atom. The molecule has 0 amide bonds. The van der Waals surface area contributed by atoms with Crippen LogP contribution in [-0.4, -0.2) is 17.9 Å². The van der Waals surface area contributed by atoms with Crippen LogP contribution in [-0.2, 0) is 0 Å². The van der Waals surface area contributed by atoms with Crippen molar-refractivity contribution in [2.24, 2.45) is 0 Å². The van der Waals surface area contributed by atoms with Gasteiger partial charge in [-0.1, -0.05) is 0 Å². The first kappa shape index (κ1) is 7.54. The summed E-state index contributed by atoms with van der Waals surface area (Å²) in [4.78, 5) is -0.304. The molecule has 0 heterocycles. The summed E-state index contributed by atoms with van der Waals surface area (Å²) >= 11 is 10.7. The van der Waals surface area contributed by atoms with E-state index in [9.17, 15) is 0 Å². The zero-order chi connectivity index (χ0) is 5.70. The monoisotopic (exact) mass is 140 g/mol. The van der Waals surface area contributed by atoms with Gasteiger partial charge in [-0.3, -0.25) is 0 Å². The van der Waals surface area contributed by atoms with Gasteiger partial charge in [0.15, 0.2) is 0 Å². The predicted octanol–water partition coefficient (Wildman–Crippen LogP) is 1.21. The van der Waals surface area contributed by atoms with Gasteiger partial charge in [0.05, 0.1) is 0 Å². The average molecular weight is 141 g/mol. The maximum atomic E-state index is 5.33. The zero-order valence-corrected chi connectivity index (χ0v) is 5.47. The molecule has 0 atom stereocenters. The van der Waals surface area contributed by atoms with Crippen LogP contribution in [0.25, 0.3) is 0 Å². The molecule has 0 saturated heterocycles. The number of hydrogen-bond acceptors (Lipinski definition) is 1. The van der Waals surface area contributed by atoms with E-state index in [1.807, 2.05) is 0 Å². The Kier molecular flexibility index (Phi) is 5.05. The van der Waals surface area contributed by atoms with E-state index < -0.39 is 0 Å². The van der Waals surface area contributed by atoms with E-state index in [1.165, 1.54) is 0 Å². The number of rotatable bonds is 3. The van der Waals surface area contributed by atoms with Crippen LogP contribution in [0.5, 0.6) is 0 Å². The molecular weight excluding hydrogens is 133 g/mol. The lowest BCUT2D eigenvalue weighted by molar-refractivity contribution is 0.782. The Morgan fingerprint density at radius 3 is 2.29 bits per heavy atom. The smallest absolute Gasteiger partial charge is 0.120 e. The molecule has 0 aromatic rings. The van der Waals surface area contributed by atoms with E-state index in [-0.39, 0.29) is 4.84 Å². The highest BCUT2D eigenvalue weighted by molar-refractivity contribution is 6.44. The molecule has 0 bridgehead atoms. The normalized spacial score (nSPS) is 10.3. The molecule has 3 heteroatoms. The Bertz CT molecular complexity index is 38.7. The molecule has 7 heavy (non-hydrogen) atoms. The third kappa shape index (κ3) is 6.54. The molecule has 1 nitrogen and oxygen atoms in total. The number of hydrogen-bond donors (Lipinski definition) is 1. The molecule has 0 aliphatic heterocycles. The minimum Gasteiger partial charge on any atom is -0.314 e. The van der Waals surface area contributed by atoms with Gasteiger partial charge in [0.25, 0.3) is 0 Å². The Hall–Kier alpha value is 0.540. The first-order chi connectivity index (χ1) is 3.27. The quantitative estimate of drug-likeness (QED) is 0.582. The molecule has 1 N–H and O–H groups in total. The third-order valence-electron chi connectivity index (χ3n) is 0.475. The van der Waals surface area contributed by atoms with E-state index in [2.05, 4.69) is 12.2 Å². The van der Waals surface area contributed by atoms with E-state index in [0.717, 1.165) is 0 Å². The Balaban J connectivity index is 2.68. The second kappa shape index (κ2) is 4.69. The lowest BCUT2D eigenvalue weighted by Crippen LogP contribution is -2.19. The van der Waals surface area contributed by atoms with Crippen molar-refractivity contribution in [3.05, 3.63) is 6.92 Å². The predicted molar refractivity (Wildman–Crippen MR) is 33.7 cm³/mol. The van der Waals surface area contributed by atoms with Gasteiger partial charge in [0.1, 0.15) is 4.84 Å². The van der Waals surface area contributed by atoms with Crippen molar-refractivity contribution in [2.45, 2.75) is 4.84 Å². The summed E-state index contributed by atoms with van der Waals surface area (Å²) in [5.41, 5.74) is 0. The SMILES string of the molecule is [CH2]CNCC(Cl)Cl. The number of halogens is 2. The fourth-order valence-electron chi connectivity index (χ4n) is 0.211. The van der Waals surface area contributed by atoms with Crippen molar-refractivity contribution in [2.75, 3.05) is 13.1 Å². The van der Waals surface area contributed by atoms with Crippen molar-refractivity contribution in [1.29, 1.82) is 0 Å². The van der Waals surface area contributed by atoms with Crippen LogP contribution in [0, 0.1) is 6.92 Å². The van der Waals surface area contributed by atoms with Crippen LogP contribution in [0.15, 0.2) is 0 Å². The van der Waals surface area contributed by atoms with Gasteiger partial charge in [0, 0.05) is 6.54 Å². The highest BCUT2D eigenvalue weighted by Crippen LogP contribution is 1.96. The third-order valence-corrected chi connectivity index (χ3v) is 0.784. The standard InChI is InChI=1S/C4H8Cl2N/c1-2-7-3-4(5)6/h4,7H,1-3H2. The Morgan fingerprint density at radius 1 is 1.57 bits per heavy atom. The second-order valence-corrected chi connectivity index (χ2v) is 2.37. The van der Waals surface area contributed by atoms with Gasteiger partial charge in [-0.2, -0.15) is 0 Å². The molecule has 0 aliphatic carbocycles. The van der Waals surface area contributed by atoms with Gasteiger partial charge >= 0.3 is 0 Å². The van der Waals surface area contributed by atoms with Crippen molar-refractivity contribution >= 4 is 23.2 Å². The Labute approximate surface area is 54.0 Å². The summed E-state index contributed by atoms with van der Waals surface area (Å²) in [7, 11) is 0. The lowest BCUT2D eigenvalue weighted by atomic mass is 10.7. The van der Waals surface area contributed by atoms with Gasteiger partial charge < -0.3 is 5.32 Å². The zero-order valence-electron chi connectivity index (χ0n) is 3.95. The van der Waals surface area contributed by atoms with Crippen molar-refractivity contribution < 1.29 is 0 Å². The summed E-state index contributed by atoms with van der Waals surface area (Å²) in [6.07, 6.45) is 0. The molecule has 0 aliphatic rings. The van der Waals surface area contributed by atoms with Gasteiger partial charge in [-0.05, 0) is 13.5 Å². The van der Waals surface area contributed by atoms with Crippen LogP contribution < -0.4 is 5.32 Å². The van der Waals surface area contributed by atoms with Crippen LogP contribution in [0.3, 0.4) is 0 Å². The lowest BCUT2D eigenvalue weighted by Gasteiger charge is -1.97. The molecule has 0 aromatic heterocycles. The summed E-state index contributed by atoms with van der Waals surface area (Å²) in [6.45, 7) is 4.82. The summed E-state index contributed by atoms with van der Waals surface area (Å²) in [6, 6.07) is 0. The molecule has 0 unspecified atom stereocenters. The highest BCUT2D eigenvalue weighted by Gasteiger charge is 1.92. The minimum atomic E-state index is -0.304. The van der Waals surface area contributed by atoms with Gasteiger partial charge in [-0.25, -0.2) is 0 Å². The topological polar surface area (TPSA) is 12.0 Å². The summed E-state index contributed by atoms with van der Waals surface area (Å²) in [5, 5.41) is 2.87. The molecule has 1 radical (unpaired) electrons. The highest BCUT2D eigenvalue weighted by atomic mass is 35.5. The maximum Gasteiger partial charge on any atom is 0.120 e. The molecule has 0 saturated carbocycles. The van der Waals surface area contributed by atoms with E-state index >= 15 is 0 Å². The van der Waals surface area contributed by atoms with Crippen LogP contribution in [0.1, 0.15) is 0 Å². The molecule has 0 rings (SSSR count). The van der Waals surface area contributed by atoms with Crippen molar-refractivity contribution in [1.82, 2.24) is 5.32 Å². The van der Waals surface area contributed by atoms with E-state index in [4.69, 9.17) is 23.2 Å². The maximum absolute atomic E-state index is 5.33. The average Bonchev–Trinajstić information content (AvgIpc) is 1.61. The number of alkyl halides is 2. The molecule has 43 valence electrons. The van der Waals surface area contributed by atoms with E-state index in [0.29, 0.717) is 13.1 Å². The van der Waals surface area contributed by atoms with Gasteiger partial charge in [0.2, 0.25) is 0 Å². The van der Waals surface area contributed by atoms with Crippen LogP contribution in [0.4, 0.5) is 0 Å². The minimum absolute atomic E-state index is 0.304. The summed E-state index contributed by atoms with van der Waals surface area (Å²) < 4.78 is 0. The van der Waals surface area contributed by atoms with Crippen LogP contribution >= 0.6 is 23.2 Å². The van der Waals surface area contributed by atoms with E-state index in [1.54, 1.807) is 0 Å². The number of nitrogens with one attached hydrogen (secondary N) is 1. The first-order valence-electron chi connectivity index (χ1n) is 2.05. The summed E-state index contributed by atoms with van der Waals surface area (Å²) in [5.74, 6) is 0. The fraction of sp³-hybridized carbons (Fsp3) is 0.750. The second-order valence-electron chi connectivity index (χ2n) is 1.10. The molecule has 0 spiro atoms. The first-order valence-corrected chi connectivity index (χ1v) is 2.92. The van der Waals surface area contributed by atoms with Gasteiger partial charge in [-0.15, -0.1) is 23.2 Å². The molecule has 0 fully saturated rings. The fourth-order valence-corrected chi connectivity index (χ4v) is 0.429.